The molecule has 4 aromatic rings. The van der Waals surface area contributed by atoms with Gasteiger partial charge in [0.15, 0.2) is 5.82 Å². The Hall–Kier alpha value is -4.80. The molecule has 0 bridgehead atoms. The summed E-state index contributed by atoms with van der Waals surface area (Å²) >= 11 is 0. The molecule has 1 amide bonds. The molecule has 0 fully saturated rings. The minimum absolute atomic E-state index is 0.00915. The lowest BCUT2D eigenvalue weighted by Crippen LogP contribution is -2.13. The zero-order chi connectivity index (χ0) is 26.6. The molecule has 188 valence electrons. The summed E-state index contributed by atoms with van der Waals surface area (Å²) in [5, 5.41) is 2.49. The molecule has 2 heterocycles. The van der Waals surface area contributed by atoms with Gasteiger partial charge in [-0.25, -0.2) is 4.98 Å². The van der Waals surface area contributed by atoms with Crippen LogP contribution in [-0.2, 0) is 6.18 Å². The van der Waals surface area contributed by atoms with Crippen LogP contribution in [0.2, 0.25) is 0 Å². The summed E-state index contributed by atoms with van der Waals surface area (Å²) in [5.74, 6) is 0.238. The second-order valence-electron chi connectivity index (χ2n) is 7.89. The van der Waals surface area contributed by atoms with Gasteiger partial charge in [0.05, 0.1) is 11.1 Å². The minimum atomic E-state index is -4.53. The van der Waals surface area contributed by atoms with Crippen LogP contribution in [0.15, 0.2) is 72.0 Å². The third-order valence-electron chi connectivity index (χ3n) is 5.24. The van der Waals surface area contributed by atoms with Crippen LogP contribution < -0.4 is 15.8 Å². The summed E-state index contributed by atoms with van der Waals surface area (Å²) in [4.78, 5) is 29.6. The van der Waals surface area contributed by atoms with Crippen LogP contribution in [0.25, 0.3) is 11.4 Å². The lowest BCUT2D eigenvalue weighted by atomic mass is 10.1. The first-order valence-corrected chi connectivity index (χ1v) is 10.9. The molecular weight excluding hydrogens is 485 g/mol. The van der Waals surface area contributed by atoms with E-state index in [0.29, 0.717) is 28.3 Å². The van der Waals surface area contributed by atoms with Crippen LogP contribution in [-0.4, -0.2) is 34.1 Å². The van der Waals surface area contributed by atoms with Crippen molar-refractivity contribution in [3.8, 4) is 23.0 Å². The molecule has 0 radical (unpaired) electrons. The quantitative estimate of drug-likeness (QED) is 0.332. The van der Waals surface area contributed by atoms with Gasteiger partial charge in [-0.05, 0) is 55.0 Å². The Bertz CT molecular complexity index is 1470. The standard InChI is InChI=1S/C26H21F3N6O2/c1-15-6-7-17(24(36)33-19-5-3-4-18(13-19)26(27,28)29)12-21(15)37-25-20(14-31-2)22(30)34-23(35-25)16-8-10-32-11-9-16/h3-14H,1-2H3,(H,33,36)(H2,30,34,35). The van der Waals surface area contributed by atoms with Gasteiger partial charge in [-0.15, -0.1) is 0 Å². The van der Waals surface area contributed by atoms with Gasteiger partial charge in [0.1, 0.15) is 11.6 Å². The normalized spacial score (nSPS) is 11.5. The van der Waals surface area contributed by atoms with Crippen molar-refractivity contribution >= 4 is 23.6 Å². The number of benzene rings is 2. The highest BCUT2D eigenvalue weighted by molar-refractivity contribution is 6.04. The maximum absolute atomic E-state index is 13.0. The second kappa shape index (κ2) is 10.4. The summed E-state index contributed by atoms with van der Waals surface area (Å²) in [5.41, 5.74) is 7.16. The van der Waals surface area contributed by atoms with Crippen LogP contribution >= 0.6 is 0 Å². The third-order valence-corrected chi connectivity index (χ3v) is 5.24. The number of nitrogen functional groups attached to an aromatic ring is 1. The first-order valence-electron chi connectivity index (χ1n) is 10.9. The Kier molecular flexibility index (Phi) is 7.14. The van der Waals surface area contributed by atoms with E-state index in [1.807, 2.05) is 0 Å². The van der Waals surface area contributed by atoms with E-state index in [1.54, 1.807) is 44.6 Å². The Balaban J connectivity index is 1.66. The van der Waals surface area contributed by atoms with Gasteiger partial charge < -0.3 is 15.8 Å². The molecular formula is C26H21F3N6O2. The molecule has 2 aromatic heterocycles. The largest absolute Gasteiger partial charge is 0.438 e. The average Bonchev–Trinajstić information content (AvgIpc) is 2.87. The summed E-state index contributed by atoms with van der Waals surface area (Å²) < 4.78 is 45.1. The first-order chi connectivity index (χ1) is 17.7. The fourth-order valence-electron chi connectivity index (χ4n) is 3.36. The number of aliphatic imine (C=N–C) groups is 1. The first kappa shape index (κ1) is 25.3. The van der Waals surface area contributed by atoms with Crippen LogP contribution in [0.4, 0.5) is 24.7 Å². The number of amides is 1. The number of nitrogens with one attached hydrogen (secondary N) is 1. The van der Waals surface area contributed by atoms with Crippen molar-refractivity contribution in [3.05, 3.63) is 89.2 Å². The molecule has 0 aliphatic carbocycles. The number of alkyl halides is 3. The highest BCUT2D eigenvalue weighted by Gasteiger charge is 2.30. The van der Waals surface area contributed by atoms with Gasteiger partial charge in [-0.3, -0.25) is 14.8 Å². The molecule has 11 heteroatoms. The molecule has 0 aliphatic heterocycles. The van der Waals surface area contributed by atoms with Gasteiger partial charge in [-0.1, -0.05) is 12.1 Å². The number of pyridine rings is 1. The van der Waals surface area contributed by atoms with E-state index >= 15 is 0 Å². The Morgan fingerprint density at radius 2 is 1.84 bits per heavy atom. The van der Waals surface area contributed by atoms with Crippen molar-refractivity contribution in [2.75, 3.05) is 18.1 Å². The molecule has 0 saturated heterocycles. The number of nitrogens with two attached hydrogens (primary N) is 1. The van der Waals surface area contributed by atoms with Crippen molar-refractivity contribution in [3.63, 3.8) is 0 Å². The number of carbonyl (C=O) groups is 1. The topological polar surface area (TPSA) is 115 Å². The molecule has 0 atom stereocenters. The zero-order valence-electron chi connectivity index (χ0n) is 19.7. The number of aromatic nitrogens is 3. The number of rotatable bonds is 6. The van der Waals surface area contributed by atoms with Crippen molar-refractivity contribution in [1.82, 2.24) is 15.0 Å². The summed E-state index contributed by atoms with van der Waals surface area (Å²) in [6, 6.07) is 12.5. The summed E-state index contributed by atoms with van der Waals surface area (Å²) in [6.07, 6.45) is 0.112. The van der Waals surface area contributed by atoms with Crippen molar-refractivity contribution in [2.45, 2.75) is 13.1 Å². The fraction of sp³-hybridized carbons (Fsp3) is 0.115. The molecule has 0 unspecified atom stereocenters. The van der Waals surface area contributed by atoms with E-state index in [0.717, 1.165) is 12.1 Å². The lowest BCUT2D eigenvalue weighted by Gasteiger charge is -2.14. The van der Waals surface area contributed by atoms with E-state index < -0.39 is 17.6 Å². The summed E-state index contributed by atoms with van der Waals surface area (Å²) in [7, 11) is 1.56. The van der Waals surface area contributed by atoms with E-state index in [1.165, 1.54) is 30.5 Å². The molecule has 0 spiro atoms. The van der Waals surface area contributed by atoms with E-state index in [9.17, 15) is 18.0 Å². The second-order valence-corrected chi connectivity index (χ2v) is 7.89. The molecule has 2 aromatic carbocycles. The van der Waals surface area contributed by atoms with Crippen molar-refractivity contribution in [1.29, 1.82) is 0 Å². The molecule has 0 saturated carbocycles. The van der Waals surface area contributed by atoms with Crippen LogP contribution in [0.5, 0.6) is 11.6 Å². The van der Waals surface area contributed by atoms with E-state index in [2.05, 4.69) is 25.3 Å². The zero-order valence-corrected chi connectivity index (χ0v) is 19.7. The number of hydrogen-bond acceptors (Lipinski definition) is 7. The van der Waals surface area contributed by atoms with Gasteiger partial charge >= 0.3 is 6.18 Å². The number of hydrogen-bond donors (Lipinski definition) is 2. The highest BCUT2D eigenvalue weighted by Crippen LogP contribution is 2.32. The number of nitrogens with zero attached hydrogens (tertiary/aromatic N) is 4. The SMILES string of the molecule is CN=Cc1c(N)nc(-c2ccncc2)nc1Oc1cc(C(=O)Nc2cccc(C(F)(F)F)c2)ccc1C. The maximum atomic E-state index is 13.0. The Morgan fingerprint density at radius 3 is 2.54 bits per heavy atom. The third kappa shape index (κ3) is 5.89. The van der Waals surface area contributed by atoms with Gasteiger partial charge in [0.25, 0.3) is 5.91 Å². The molecule has 8 nitrogen and oxygen atoms in total. The predicted octanol–water partition coefficient (Wildman–Crippen LogP) is 5.54. The Labute approximate surface area is 210 Å². The number of anilines is 2. The van der Waals surface area contributed by atoms with Crippen LogP contribution in [0, 0.1) is 6.92 Å². The average molecular weight is 506 g/mol. The molecule has 0 aliphatic rings. The van der Waals surface area contributed by atoms with Gasteiger partial charge in [0, 0.05) is 42.5 Å². The summed E-state index contributed by atoms with van der Waals surface area (Å²) in [6.45, 7) is 1.77. The van der Waals surface area contributed by atoms with E-state index in [-0.39, 0.29) is 22.9 Å². The van der Waals surface area contributed by atoms with Gasteiger partial charge in [-0.2, -0.15) is 18.2 Å². The number of ether oxygens (including phenoxy) is 1. The van der Waals surface area contributed by atoms with E-state index in [4.69, 9.17) is 10.5 Å². The molecule has 4 rings (SSSR count). The maximum Gasteiger partial charge on any atom is 0.416 e. The minimum Gasteiger partial charge on any atom is -0.438 e. The Morgan fingerprint density at radius 1 is 1.08 bits per heavy atom. The number of carbonyl (C=O) groups excluding carboxylic acids is 1. The highest BCUT2D eigenvalue weighted by atomic mass is 19.4. The van der Waals surface area contributed by atoms with Gasteiger partial charge in [0.2, 0.25) is 5.88 Å². The molecule has 3 N–H and O–H groups in total. The van der Waals surface area contributed by atoms with Crippen LogP contribution in [0.1, 0.15) is 27.0 Å². The lowest BCUT2D eigenvalue weighted by molar-refractivity contribution is -0.137. The molecule has 37 heavy (non-hydrogen) atoms. The van der Waals surface area contributed by atoms with Crippen molar-refractivity contribution < 1.29 is 22.7 Å². The monoisotopic (exact) mass is 506 g/mol. The smallest absolute Gasteiger partial charge is 0.416 e. The fourth-order valence-corrected chi connectivity index (χ4v) is 3.36. The van der Waals surface area contributed by atoms with Crippen molar-refractivity contribution in [2.24, 2.45) is 4.99 Å². The van der Waals surface area contributed by atoms with Crippen LogP contribution in [0.3, 0.4) is 0 Å². The number of aryl methyl sites for hydroxylation is 1. The predicted molar refractivity (Wildman–Crippen MR) is 134 cm³/mol. The number of halogens is 3.